The first-order valence-corrected chi connectivity index (χ1v) is 10.8. The topological polar surface area (TPSA) is 64.4 Å². The highest BCUT2D eigenvalue weighted by Gasteiger charge is 2.31. The Labute approximate surface area is 197 Å². The molecule has 1 atom stereocenters. The van der Waals surface area contributed by atoms with Gasteiger partial charge in [0.15, 0.2) is 5.82 Å². The van der Waals surface area contributed by atoms with Crippen LogP contribution in [0.1, 0.15) is 28.6 Å². The molecule has 0 bridgehead atoms. The summed E-state index contributed by atoms with van der Waals surface area (Å²) in [6.07, 6.45) is 2.77. The van der Waals surface area contributed by atoms with Crippen LogP contribution in [-0.2, 0) is 4.74 Å². The second-order valence-electron chi connectivity index (χ2n) is 7.33. The number of hydrogen-bond acceptors (Lipinski definition) is 4. The minimum atomic E-state index is -0.617. The predicted molar refractivity (Wildman–Crippen MR) is 128 cm³/mol. The molecular formula is C26H22ClN3O3. The highest BCUT2D eigenvalue weighted by molar-refractivity contribution is 6.30. The van der Waals surface area contributed by atoms with E-state index < -0.39 is 12.1 Å². The maximum atomic E-state index is 13.5. The Bertz CT molecular complexity index is 1220. The smallest absolute Gasteiger partial charge is 0.414 e. The summed E-state index contributed by atoms with van der Waals surface area (Å²) < 4.78 is 6.83. The second-order valence-corrected chi connectivity index (χ2v) is 7.76. The molecule has 4 rings (SSSR count). The van der Waals surface area contributed by atoms with Gasteiger partial charge in [0.2, 0.25) is 5.78 Å². The van der Waals surface area contributed by atoms with Crippen LogP contribution in [0.15, 0.2) is 97.3 Å². The fraction of sp³-hybridized carbons (Fsp3) is 0.115. The Morgan fingerprint density at radius 2 is 1.61 bits per heavy atom. The van der Waals surface area contributed by atoms with Crippen molar-refractivity contribution >= 4 is 29.2 Å². The number of ketones is 1. The van der Waals surface area contributed by atoms with Crippen molar-refractivity contribution in [3.63, 3.8) is 0 Å². The molecule has 3 aromatic carbocycles. The average molecular weight is 460 g/mol. The second kappa shape index (κ2) is 10.1. The van der Waals surface area contributed by atoms with E-state index in [2.05, 4.69) is 4.98 Å². The van der Waals surface area contributed by atoms with Crippen molar-refractivity contribution in [3.05, 3.63) is 114 Å². The monoisotopic (exact) mass is 459 g/mol. The number of benzene rings is 3. The number of carbonyl (C=O) groups excluding carboxylic acids is 2. The third kappa shape index (κ3) is 4.96. The molecule has 0 saturated heterocycles. The van der Waals surface area contributed by atoms with E-state index in [0.717, 1.165) is 11.3 Å². The van der Waals surface area contributed by atoms with Gasteiger partial charge in [0.05, 0.1) is 13.2 Å². The largest absolute Gasteiger partial charge is 0.452 e. The fourth-order valence-electron chi connectivity index (χ4n) is 3.72. The van der Waals surface area contributed by atoms with Crippen LogP contribution in [0.3, 0.4) is 0 Å². The maximum Gasteiger partial charge on any atom is 0.414 e. The summed E-state index contributed by atoms with van der Waals surface area (Å²) in [6.45, 7) is 0. The Morgan fingerprint density at radius 1 is 0.970 bits per heavy atom. The Morgan fingerprint density at radius 3 is 2.24 bits per heavy atom. The van der Waals surface area contributed by atoms with Crippen molar-refractivity contribution in [1.82, 2.24) is 9.55 Å². The third-order valence-electron chi connectivity index (χ3n) is 5.28. The number of carbonyl (C=O) groups is 2. The minimum Gasteiger partial charge on any atom is -0.452 e. The van der Waals surface area contributed by atoms with E-state index in [1.165, 1.54) is 12.0 Å². The maximum absolute atomic E-state index is 13.5. The molecule has 0 aliphatic rings. The molecule has 0 N–H and O–H groups in total. The molecule has 1 aromatic heterocycles. The van der Waals surface area contributed by atoms with Gasteiger partial charge in [-0.1, -0.05) is 60.1 Å². The van der Waals surface area contributed by atoms with Crippen LogP contribution in [0, 0.1) is 0 Å². The number of nitrogens with zero attached hydrogens (tertiary/aromatic N) is 3. The number of amides is 1. The van der Waals surface area contributed by atoms with Crippen LogP contribution in [0.25, 0.3) is 5.69 Å². The van der Waals surface area contributed by atoms with Crippen LogP contribution < -0.4 is 4.90 Å². The Kier molecular flexibility index (Phi) is 6.86. The first kappa shape index (κ1) is 22.3. The normalized spacial score (nSPS) is 11.6. The van der Waals surface area contributed by atoms with Crippen molar-refractivity contribution in [2.24, 2.45) is 0 Å². The lowest BCUT2D eigenvalue weighted by Crippen LogP contribution is -2.36. The average Bonchev–Trinajstić information content (AvgIpc) is 3.36. The Hall–Kier alpha value is -3.90. The van der Waals surface area contributed by atoms with E-state index in [1.54, 1.807) is 41.2 Å². The first-order valence-electron chi connectivity index (χ1n) is 10.4. The van der Waals surface area contributed by atoms with Crippen LogP contribution in [-0.4, -0.2) is 28.5 Å². The van der Waals surface area contributed by atoms with Gasteiger partial charge in [-0.15, -0.1) is 0 Å². The van der Waals surface area contributed by atoms with Gasteiger partial charge in [-0.25, -0.2) is 9.78 Å². The van der Waals surface area contributed by atoms with Crippen LogP contribution in [0.2, 0.25) is 5.02 Å². The summed E-state index contributed by atoms with van der Waals surface area (Å²) in [5.41, 5.74) is 2.19. The third-order valence-corrected chi connectivity index (χ3v) is 5.53. The fourth-order valence-corrected chi connectivity index (χ4v) is 3.85. The molecule has 0 aliphatic heterocycles. The van der Waals surface area contributed by atoms with Gasteiger partial charge < -0.3 is 4.74 Å². The highest BCUT2D eigenvalue weighted by Crippen LogP contribution is 2.32. The molecule has 1 unspecified atom stereocenters. The molecule has 0 radical (unpaired) electrons. The van der Waals surface area contributed by atoms with Gasteiger partial charge in [-0.3, -0.25) is 14.3 Å². The van der Waals surface area contributed by atoms with Crippen molar-refractivity contribution in [1.29, 1.82) is 0 Å². The first-order chi connectivity index (χ1) is 16.1. The van der Waals surface area contributed by atoms with Crippen LogP contribution in [0.5, 0.6) is 0 Å². The lowest BCUT2D eigenvalue weighted by molar-refractivity contribution is 0.0960. The number of imidazole rings is 1. The van der Waals surface area contributed by atoms with Crippen molar-refractivity contribution in [2.45, 2.75) is 12.5 Å². The molecule has 0 aliphatic carbocycles. The zero-order valence-corrected chi connectivity index (χ0v) is 18.7. The molecule has 6 nitrogen and oxygen atoms in total. The van der Waals surface area contributed by atoms with E-state index in [9.17, 15) is 9.59 Å². The van der Waals surface area contributed by atoms with E-state index in [1.807, 2.05) is 60.7 Å². The quantitative estimate of drug-likeness (QED) is 0.312. The van der Waals surface area contributed by atoms with Crippen molar-refractivity contribution in [2.75, 3.05) is 12.0 Å². The number of rotatable bonds is 7. The molecule has 1 heterocycles. The van der Waals surface area contributed by atoms with E-state index in [0.29, 0.717) is 16.5 Å². The number of methoxy groups -OCH3 is 1. The SMILES string of the molecule is COC(=O)N(c1ccc(Cl)cc1)C(CC(=O)c1nccn1-c1ccccc1)c1ccccc1. The van der Waals surface area contributed by atoms with Gasteiger partial charge in [0, 0.05) is 35.2 Å². The number of ether oxygens (including phenoxy) is 1. The summed E-state index contributed by atoms with van der Waals surface area (Å²) in [6, 6.07) is 25.1. The van der Waals surface area contributed by atoms with Crippen molar-refractivity contribution in [3.8, 4) is 5.69 Å². The predicted octanol–water partition coefficient (Wildman–Crippen LogP) is 6.11. The molecule has 1 amide bonds. The van der Waals surface area contributed by atoms with Crippen LogP contribution >= 0.6 is 11.6 Å². The molecule has 166 valence electrons. The summed E-state index contributed by atoms with van der Waals surface area (Å²) >= 11 is 6.05. The molecule has 0 saturated carbocycles. The lowest BCUT2D eigenvalue weighted by atomic mass is 9.98. The summed E-state index contributed by atoms with van der Waals surface area (Å²) in [5, 5.41) is 0.542. The number of halogens is 1. The van der Waals surface area contributed by atoms with Crippen LogP contribution in [0.4, 0.5) is 10.5 Å². The molecule has 0 fully saturated rings. The van der Waals surface area contributed by atoms with E-state index in [4.69, 9.17) is 16.3 Å². The zero-order chi connectivity index (χ0) is 23.2. The van der Waals surface area contributed by atoms with Gasteiger partial charge in [0.25, 0.3) is 0 Å². The summed E-state index contributed by atoms with van der Waals surface area (Å²) in [5.74, 6) is 0.0867. The molecule has 4 aromatic rings. The van der Waals surface area contributed by atoms with Gasteiger partial charge in [-0.2, -0.15) is 0 Å². The van der Waals surface area contributed by atoms with E-state index in [-0.39, 0.29) is 12.2 Å². The zero-order valence-electron chi connectivity index (χ0n) is 18.0. The van der Waals surface area contributed by atoms with Gasteiger partial charge in [-0.05, 0) is 42.0 Å². The van der Waals surface area contributed by atoms with E-state index >= 15 is 0 Å². The number of anilines is 1. The molecule has 0 spiro atoms. The van der Waals surface area contributed by atoms with Crippen molar-refractivity contribution < 1.29 is 14.3 Å². The number of Topliss-reactive ketones (excluding diaryl/α,β-unsaturated/α-hetero) is 1. The highest BCUT2D eigenvalue weighted by atomic mass is 35.5. The minimum absolute atomic E-state index is 0.00554. The number of para-hydroxylation sites is 1. The lowest BCUT2D eigenvalue weighted by Gasteiger charge is -2.31. The molecular weight excluding hydrogens is 438 g/mol. The van der Waals surface area contributed by atoms with Gasteiger partial charge >= 0.3 is 6.09 Å². The Balaban J connectivity index is 1.74. The standard InChI is InChI=1S/C26H22ClN3O3/c1-33-26(32)30(22-14-12-20(27)13-15-22)23(19-8-4-2-5-9-19)18-24(31)25-28-16-17-29(25)21-10-6-3-7-11-21/h2-17,23H,18H2,1H3. The molecule has 7 heteroatoms. The number of hydrogen-bond donors (Lipinski definition) is 0. The number of aromatic nitrogens is 2. The summed E-state index contributed by atoms with van der Waals surface area (Å²) in [7, 11) is 1.32. The van der Waals surface area contributed by atoms with Gasteiger partial charge in [0.1, 0.15) is 0 Å². The summed E-state index contributed by atoms with van der Waals surface area (Å²) in [4.78, 5) is 32.2. The molecule has 33 heavy (non-hydrogen) atoms.